The molecule has 0 aromatic carbocycles. The second kappa shape index (κ2) is 5.04. The number of nitrogens with zero attached hydrogens (tertiary/aromatic N) is 5. The minimum atomic E-state index is -0.266. The molecule has 7 heteroatoms. The third-order valence-electron chi connectivity index (χ3n) is 2.73. The van der Waals surface area contributed by atoms with Crippen molar-refractivity contribution in [3.8, 4) is 0 Å². The summed E-state index contributed by atoms with van der Waals surface area (Å²) in [5.74, 6) is 0.227. The number of rotatable bonds is 3. The second-order valence-electron chi connectivity index (χ2n) is 4.28. The second-order valence-corrected chi connectivity index (χ2v) is 4.28. The Labute approximate surface area is 114 Å². The third-order valence-corrected chi connectivity index (χ3v) is 2.73. The van der Waals surface area contributed by atoms with Crippen molar-refractivity contribution in [2.45, 2.75) is 13.5 Å². The van der Waals surface area contributed by atoms with Gasteiger partial charge in [-0.3, -0.25) is 19.2 Å². The zero-order valence-electron chi connectivity index (χ0n) is 10.8. The lowest BCUT2D eigenvalue weighted by atomic mass is 10.4. The van der Waals surface area contributed by atoms with E-state index in [0.29, 0.717) is 23.7 Å². The van der Waals surface area contributed by atoms with Gasteiger partial charge in [-0.05, 0) is 13.0 Å². The van der Waals surface area contributed by atoms with Gasteiger partial charge < -0.3 is 5.32 Å². The summed E-state index contributed by atoms with van der Waals surface area (Å²) in [4.78, 5) is 28.5. The molecular formula is C13H12N6O. The topological polar surface area (TPSA) is 85.1 Å². The smallest absolute Gasteiger partial charge is 0.271 e. The van der Waals surface area contributed by atoms with Gasteiger partial charge in [0.1, 0.15) is 5.69 Å². The van der Waals surface area contributed by atoms with E-state index >= 15 is 0 Å². The number of amides is 1. The monoisotopic (exact) mass is 268 g/mol. The number of carbonyl (C=O) groups is 1. The molecule has 0 bridgehead atoms. The summed E-state index contributed by atoms with van der Waals surface area (Å²) in [6.07, 6.45) is 8.36. The molecule has 0 saturated heterocycles. The number of nitrogens with one attached hydrogen (secondary N) is 1. The molecule has 0 unspecified atom stereocenters. The Morgan fingerprint density at radius 3 is 2.95 bits per heavy atom. The van der Waals surface area contributed by atoms with Crippen LogP contribution in [0.1, 0.15) is 21.9 Å². The van der Waals surface area contributed by atoms with E-state index in [1.54, 1.807) is 41.5 Å². The minimum absolute atomic E-state index is 0.266. The van der Waals surface area contributed by atoms with E-state index in [9.17, 15) is 4.79 Å². The van der Waals surface area contributed by atoms with Crippen LogP contribution in [0.4, 0.5) is 0 Å². The van der Waals surface area contributed by atoms with Gasteiger partial charge in [-0.1, -0.05) is 0 Å². The summed E-state index contributed by atoms with van der Waals surface area (Å²) in [6, 6.07) is 1.78. The molecule has 20 heavy (non-hydrogen) atoms. The van der Waals surface area contributed by atoms with Gasteiger partial charge in [-0.15, -0.1) is 0 Å². The van der Waals surface area contributed by atoms with Crippen LogP contribution in [0.25, 0.3) is 5.78 Å². The van der Waals surface area contributed by atoms with Gasteiger partial charge in [0.25, 0.3) is 5.91 Å². The molecule has 0 aliphatic rings. The lowest BCUT2D eigenvalue weighted by Gasteiger charge is -2.02. The lowest BCUT2D eigenvalue weighted by Crippen LogP contribution is -2.23. The van der Waals surface area contributed by atoms with Crippen molar-refractivity contribution in [1.29, 1.82) is 0 Å². The largest absolute Gasteiger partial charge is 0.345 e. The molecule has 0 radical (unpaired) electrons. The average Bonchev–Trinajstić information content (AvgIpc) is 2.90. The van der Waals surface area contributed by atoms with Crippen LogP contribution in [0.5, 0.6) is 0 Å². The number of carbonyl (C=O) groups excluding carboxylic acids is 1. The van der Waals surface area contributed by atoms with Gasteiger partial charge in [0.05, 0.1) is 24.1 Å². The van der Waals surface area contributed by atoms with Gasteiger partial charge in [0.2, 0.25) is 5.78 Å². The van der Waals surface area contributed by atoms with E-state index in [-0.39, 0.29) is 5.91 Å². The number of hydrogen-bond acceptors (Lipinski definition) is 5. The fourth-order valence-corrected chi connectivity index (χ4v) is 1.71. The molecule has 7 nitrogen and oxygen atoms in total. The normalized spacial score (nSPS) is 10.7. The van der Waals surface area contributed by atoms with E-state index in [4.69, 9.17) is 0 Å². The molecule has 3 aromatic rings. The molecular weight excluding hydrogens is 256 g/mol. The first-order valence-corrected chi connectivity index (χ1v) is 6.08. The molecule has 0 aliphatic heterocycles. The van der Waals surface area contributed by atoms with Crippen LogP contribution in [0.3, 0.4) is 0 Å². The van der Waals surface area contributed by atoms with E-state index < -0.39 is 0 Å². The first-order chi connectivity index (χ1) is 9.72. The van der Waals surface area contributed by atoms with Gasteiger partial charge in [0.15, 0.2) is 0 Å². The maximum atomic E-state index is 12.0. The summed E-state index contributed by atoms with van der Waals surface area (Å²) in [6.45, 7) is 2.17. The SMILES string of the molecule is Cc1cnc(CNC(=O)c2cn3cccnc3n2)cn1. The lowest BCUT2D eigenvalue weighted by molar-refractivity contribution is 0.0946. The van der Waals surface area contributed by atoms with E-state index in [2.05, 4.69) is 25.3 Å². The Balaban J connectivity index is 1.71. The summed E-state index contributed by atoms with van der Waals surface area (Å²) in [5.41, 5.74) is 1.86. The fraction of sp³-hybridized carbons (Fsp3) is 0.154. The highest BCUT2D eigenvalue weighted by atomic mass is 16.1. The molecule has 0 spiro atoms. The van der Waals surface area contributed by atoms with Crippen molar-refractivity contribution in [1.82, 2.24) is 29.7 Å². The number of aryl methyl sites for hydroxylation is 1. The van der Waals surface area contributed by atoms with Crippen molar-refractivity contribution in [3.63, 3.8) is 0 Å². The van der Waals surface area contributed by atoms with Gasteiger partial charge >= 0.3 is 0 Å². The zero-order valence-corrected chi connectivity index (χ0v) is 10.8. The predicted molar refractivity (Wildman–Crippen MR) is 70.9 cm³/mol. The predicted octanol–water partition coefficient (Wildman–Crippen LogP) is 0.758. The first kappa shape index (κ1) is 12.2. The summed E-state index contributed by atoms with van der Waals surface area (Å²) in [7, 11) is 0. The van der Waals surface area contributed by atoms with Crippen molar-refractivity contribution in [2.75, 3.05) is 0 Å². The third kappa shape index (κ3) is 2.46. The van der Waals surface area contributed by atoms with Crippen molar-refractivity contribution < 1.29 is 4.79 Å². The van der Waals surface area contributed by atoms with Gasteiger partial charge in [0, 0.05) is 24.8 Å². The van der Waals surface area contributed by atoms with Crippen LogP contribution in [-0.2, 0) is 6.54 Å². The molecule has 0 fully saturated rings. The Morgan fingerprint density at radius 1 is 1.30 bits per heavy atom. The molecule has 3 aromatic heterocycles. The highest BCUT2D eigenvalue weighted by Crippen LogP contribution is 2.02. The van der Waals surface area contributed by atoms with Crippen molar-refractivity contribution in [2.24, 2.45) is 0 Å². The zero-order chi connectivity index (χ0) is 13.9. The molecule has 0 aliphatic carbocycles. The maximum absolute atomic E-state index is 12.0. The van der Waals surface area contributed by atoms with E-state index in [1.165, 1.54) is 0 Å². The van der Waals surface area contributed by atoms with Crippen molar-refractivity contribution >= 4 is 11.7 Å². The number of imidazole rings is 1. The Morgan fingerprint density at radius 2 is 2.20 bits per heavy atom. The van der Waals surface area contributed by atoms with Crippen LogP contribution in [0.15, 0.2) is 37.1 Å². The van der Waals surface area contributed by atoms with Crippen LogP contribution in [-0.4, -0.2) is 30.2 Å². The highest BCUT2D eigenvalue weighted by Gasteiger charge is 2.10. The molecule has 3 heterocycles. The van der Waals surface area contributed by atoms with Crippen LogP contribution < -0.4 is 5.32 Å². The van der Waals surface area contributed by atoms with Crippen LogP contribution in [0.2, 0.25) is 0 Å². The molecule has 0 saturated carbocycles. The molecule has 100 valence electrons. The number of fused-ring (bicyclic) bond motifs is 1. The Hall–Kier alpha value is -2.83. The Bertz CT molecular complexity index is 716. The fourth-order valence-electron chi connectivity index (χ4n) is 1.71. The molecule has 0 atom stereocenters. The minimum Gasteiger partial charge on any atom is -0.345 e. The van der Waals surface area contributed by atoms with Crippen molar-refractivity contribution in [3.05, 3.63) is 54.1 Å². The van der Waals surface area contributed by atoms with Gasteiger partial charge in [-0.25, -0.2) is 9.97 Å². The summed E-state index contributed by atoms with van der Waals surface area (Å²) < 4.78 is 1.70. The standard InChI is InChI=1S/C13H12N6O/c1-9-5-16-10(6-15-9)7-17-12(20)11-8-19-4-2-3-14-13(19)18-11/h2-6,8H,7H2,1H3,(H,17,20). The molecule has 1 N–H and O–H groups in total. The number of hydrogen-bond donors (Lipinski definition) is 1. The van der Waals surface area contributed by atoms with Crippen LogP contribution in [0, 0.1) is 6.92 Å². The summed E-state index contributed by atoms with van der Waals surface area (Å²) in [5, 5.41) is 2.75. The highest BCUT2D eigenvalue weighted by molar-refractivity contribution is 5.92. The van der Waals surface area contributed by atoms with Gasteiger partial charge in [-0.2, -0.15) is 0 Å². The first-order valence-electron chi connectivity index (χ1n) is 6.08. The number of aromatic nitrogens is 5. The quantitative estimate of drug-likeness (QED) is 0.758. The maximum Gasteiger partial charge on any atom is 0.271 e. The summed E-state index contributed by atoms with van der Waals surface area (Å²) >= 11 is 0. The Kier molecular flexibility index (Phi) is 3.08. The average molecular weight is 268 g/mol. The van der Waals surface area contributed by atoms with E-state index in [1.807, 2.05) is 6.92 Å². The molecule has 3 rings (SSSR count). The van der Waals surface area contributed by atoms with E-state index in [0.717, 1.165) is 5.69 Å². The molecule has 1 amide bonds. The van der Waals surface area contributed by atoms with Crippen LogP contribution >= 0.6 is 0 Å².